The highest BCUT2D eigenvalue weighted by atomic mass is 16.3. The molecule has 0 fully saturated rings. The fraction of sp³-hybridized carbons (Fsp3) is 0.591. The van der Waals surface area contributed by atoms with Crippen molar-refractivity contribution >= 4 is 104 Å². The number of primary amides is 1. The molecule has 4 aromatic rings. The smallest absolute Gasteiger partial charge is 0.246 e. The molecule has 0 spiro atoms. The Balaban J connectivity index is 1.54. The highest BCUT2D eigenvalue weighted by Crippen LogP contribution is 2.24. The number of hydrogen-bond donors (Lipinski definition) is 20. The number of carbonyl (C=O) groups excluding carboxylic acids is 16. The molecular formula is C93H141N17O19. The number of carbonyl (C=O) groups is 16. The van der Waals surface area contributed by atoms with Crippen molar-refractivity contribution < 1.29 is 92.0 Å². The van der Waals surface area contributed by atoms with Crippen LogP contribution in [0.4, 0.5) is 0 Å². The SMILES string of the molecule is CC(=O)N[C@@H](CC(C)C)C(=O)N[C@H](C(=O)N[C@@H](Cc1ccccc1)C(=O)N[C@]1(C)CCCCCCC=CCCC[C@@](C)(C(=O)N[C@@H](CO)C(=O)CN[C@@H](C)C(=O)CCN[C@@H](C)C(=O)CN)NC(=O)[C@H](CCC(C)C)NN[C@@H](CCC(N)=O)C(=O)CC(=O)[C@H](C)NCC(=O)[C@H](Cc2c[nH]c3ccccc23)NC(=O)[C@H](Cc2ccc(O)cc2)NCC(=O)[C@H](C)NCC1=O)[C@@H](C)O. The second kappa shape index (κ2) is 55.5. The minimum absolute atomic E-state index is 0.00723. The number of aliphatic hydroxyl groups is 2. The summed E-state index contributed by atoms with van der Waals surface area (Å²) in [6.07, 6.45) is 6.41. The van der Waals surface area contributed by atoms with Gasteiger partial charge in [-0.1, -0.05) is 120 Å². The highest BCUT2D eigenvalue weighted by molar-refractivity contribution is 6.04. The summed E-state index contributed by atoms with van der Waals surface area (Å²) in [6, 6.07) is 7.37. The van der Waals surface area contributed by atoms with E-state index >= 15 is 14.4 Å². The van der Waals surface area contributed by atoms with Gasteiger partial charge in [0.2, 0.25) is 47.3 Å². The first kappa shape index (κ1) is 109. The Hall–Kier alpha value is -10.5. The first-order valence-electron chi connectivity index (χ1n) is 44.9. The van der Waals surface area contributed by atoms with Crippen LogP contribution in [-0.4, -0.2) is 249 Å². The molecular weight excluding hydrogens is 1660 g/mol. The van der Waals surface area contributed by atoms with Gasteiger partial charge in [-0.3, -0.25) is 82.0 Å². The summed E-state index contributed by atoms with van der Waals surface area (Å²) >= 11 is 0. The second-order valence-electron chi connectivity index (χ2n) is 35.1. The van der Waals surface area contributed by atoms with E-state index in [0.29, 0.717) is 61.6 Å². The third-order valence-electron chi connectivity index (χ3n) is 23.1. The van der Waals surface area contributed by atoms with E-state index in [1.165, 1.54) is 60.6 Å². The fourth-order valence-corrected chi connectivity index (χ4v) is 14.6. The monoisotopic (exact) mass is 1800 g/mol. The number of phenols is 1. The lowest BCUT2D eigenvalue weighted by Crippen LogP contribution is -2.64. The van der Waals surface area contributed by atoms with Crippen LogP contribution >= 0.6 is 0 Å². The van der Waals surface area contributed by atoms with Crippen LogP contribution in [-0.2, 0) is 96.0 Å². The van der Waals surface area contributed by atoms with E-state index in [9.17, 15) is 77.6 Å². The van der Waals surface area contributed by atoms with Gasteiger partial charge in [0.05, 0.1) is 106 Å². The maximum atomic E-state index is 15.1. The van der Waals surface area contributed by atoms with Gasteiger partial charge in [-0.25, -0.2) is 10.9 Å². The van der Waals surface area contributed by atoms with Crippen LogP contribution in [0.2, 0.25) is 0 Å². The van der Waals surface area contributed by atoms with Crippen molar-refractivity contribution in [3.8, 4) is 5.75 Å². The average molecular weight is 1800 g/mol. The van der Waals surface area contributed by atoms with Gasteiger partial charge < -0.3 is 90.3 Å². The molecule has 5 rings (SSSR count). The molecule has 1 aliphatic heterocycles. The Kier molecular flexibility index (Phi) is 46.9. The topological polar surface area (TPSA) is 570 Å². The molecule has 1 aromatic heterocycles. The Morgan fingerprint density at radius 3 is 1.86 bits per heavy atom. The Morgan fingerprint density at radius 2 is 1.21 bits per heavy atom. The first-order chi connectivity index (χ1) is 61.1. The molecule has 22 N–H and O–H groups in total. The quantitative estimate of drug-likeness (QED) is 0.0225. The van der Waals surface area contributed by atoms with E-state index in [1.807, 2.05) is 58.0 Å². The van der Waals surface area contributed by atoms with Gasteiger partial charge in [-0.15, -0.1) is 0 Å². The van der Waals surface area contributed by atoms with E-state index in [0.717, 1.165) is 10.9 Å². The number of hydrazine groups is 1. The number of aromatic nitrogens is 1. The maximum absolute atomic E-state index is 15.1. The molecule has 0 unspecified atom stereocenters. The van der Waals surface area contributed by atoms with Gasteiger partial charge in [0.1, 0.15) is 35.5 Å². The molecule has 0 saturated carbocycles. The minimum atomic E-state index is -1.82. The number of Topliss-reactive ketones (excluding diaryl/α,β-unsaturated/α-hetero) is 8. The highest BCUT2D eigenvalue weighted by Gasteiger charge is 2.42. The van der Waals surface area contributed by atoms with Gasteiger partial charge in [0.25, 0.3) is 0 Å². The Labute approximate surface area is 756 Å². The number of hydrogen-bond acceptors (Lipinski definition) is 27. The molecule has 2 heterocycles. The maximum Gasteiger partial charge on any atom is 0.246 e. The van der Waals surface area contributed by atoms with Crippen molar-refractivity contribution in [3.05, 3.63) is 114 Å². The lowest BCUT2D eigenvalue weighted by atomic mass is 9.88. The number of amides is 8. The lowest BCUT2D eigenvalue weighted by molar-refractivity contribution is -0.137. The largest absolute Gasteiger partial charge is 0.508 e. The van der Waals surface area contributed by atoms with Crippen molar-refractivity contribution in [2.24, 2.45) is 23.3 Å². The molecule has 36 heteroatoms. The van der Waals surface area contributed by atoms with Gasteiger partial charge in [0, 0.05) is 56.3 Å². The molecule has 0 radical (unpaired) electrons. The summed E-state index contributed by atoms with van der Waals surface area (Å²) in [4.78, 5) is 228. The summed E-state index contributed by atoms with van der Waals surface area (Å²) < 4.78 is 0. The number of aromatic amines is 1. The van der Waals surface area contributed by atoms with E-state index in [1.54, 1.807) is 61.7 Å². The third kappa shape index (κ3) is 38.2. The number of aromatic hydroxyl groups is 1. The number of rotatable bonds is 36. The van der Waals surface area contributed by atoms with Crippen molar-refractivity contribution in [1.82, 2.24) is 79.6 Å². The van der Waals surface area contributed by atoms with Gasteiger partial charge in [-0.05, 0) is 166 Å². The normalized spacial score (nSPS) is 22.5. The predicted octanol–water partition coefficient (Wildman–Crippen LogP) is 1.29. The number of fused-ring (bicyclic) bond motifs is 1. The van der Waals surface area contributed by atoms with Crippen LogP contribution in [0.15, 0.2) is 97.2 Å². The molecule has 0 aliphatic carbocycles. The summed E-state index contributed by atoms with van der Waals surface area (Å²) in [6.45, 7) is 16.2. The number of nitrogens with one attached hydrogen (secondary N) is 15. The number of aliphatic hydroxyl groups excluding tert-OH is 2. The summed E-state index contributed by atoms with van der Waals surface area (Å²) in [7, 11) is 0. The molecule has 3 aromatic carbocycles. The lowest BCUT2D eigenvalue weighted by Gasteiger charge is -2.33. The van der Waals surface area contributed by atoms with Crippen LogP contribution in [0.1, 0.15) is 203 Å². The third-order valence-corrected chi connectivity index (χ3v) is 23.1. The van der Waals surface area contributed by atoms with E-state index in [-0.39, 0.29) is 113 Å². The zero-order valence-electron chi connectivity index (χ0n) is 76.8. The summed E-state index contributed by atoms with van der Waals surface area (Å²) in [5.41, 5.74) is 15.8. The molecule has 8 amide bonds. The molecule has 36 nitrogen and oxygen atoms in total. The van der Waals surface area contributed by atoms with Crippen LogP contribution in [0.5, 0.6) is 5.75 Å². The van der Waals surface area contributed by atoms with Crippen LogP contribution in [0.3, 0.4) is 0 Å². The van der Waals surface area contributed by atoms with Crippen molar-refractivity contribution in [3.63, 3.8) is 0 Å². The zero-order valence-corrected chi connectivity index (χ0v) is 76.8. The van der Waals surface area contributed by atoms with E-state index < -0.39 is 211 Å². The zero-order chi connectivity index (χ0) is 95.7. The Morgan fingerprint density at radius 1 is 0.574 bits per heavy atom. The van der Waals surface area contributed by atoms with Crippen LogP contribution in [0.25, 0.3) is 10.9 Å². The van der Waals surface area contributed by atoms with Crippen molar-refractivity contribution in [2.45, 2.75) is 295 Å². The number of nitrogens with two attached hydrogens (primary N) is 2. The van der Waals surface area contributed by atoms with E-state index in [2.05, 4.69) is 79.6 Å². The molecule has 0 bridgehead atoms. The molecule has 15 atom stereocenters. The number of benzene rings is 3. The summed E-state index contributed by atoms with van der Waals surface area (Å²) in [5.74, 6) is -10.7. The molecule has 712 valence electrons. The number of allylic oxidation sites excluding steroid dienone is 2. The average Bonchev–Trinajstić information content (AvgIpc) is 1.79. The number of phenolic OH excluding ortho intramolecular Hbond substituents is 1. The fourth-order valence-electron chi connectivity index (χ4n) is 14.6. The minimum Gasteiger partial charge on any atom is -0.508 e. The van der Waals surface area contributed by atoms with Crippen LogP contribution in [0, 0.1) is 11.8 Å². The molecule has 129 heavy (non-hydrogen) atoms. The Bertz CT molecular complexity index is 4430. The number of para-hydroxylation sites is 1. The summed E-state index contributed by atoms with van der Waals surface area (Å²) in [5, 5.41) is 66.7. The van der Waals surface area contributed by atoms with E-state index in [4.69, 9.17) is 11.5 Å². The van der Waals surface area contributed by atoms with Crippen molar-refractivity contribution in [2.75, 3.05) is 45.9 Å². The molecule has 1 aliphatic rings. The predicted molar refractivity (Wildman–Crippen MR) is 488 cm³/mol. The van der Waals surface area contributed by atoms with Gasteiger partial charge >= 0.3 is 0 Å². The second-order valence-corrected chi connectivity index (χ2v) is 35.1. The molecule has 0 saturated heterocycles. The van der Waals surface area contributed by atoms with Crippen molar-refractivity contribution in [1.29, 1.82) is 0 Å². The van der Waals surface area contributed by atoms with Gasteiger partial charge in [-0.2, -0.15) is 0 Å². The number of ketones is 8. The first-order valence-corrected chi connectivity index (χ1v) is 44.9. The number of H-pyrrole nitrogens is 1. The van der Waals surface area contributed by atoms with Gasteiger partial charge in [0.15, 0.2) is 46.3 Å². The standard InChI is InChI=1S/C93H141N17O19/c1-55(2)31-36-70-88(126)108-93(12,91(129)105-75(54-111)82(121)52-97-57(5)76(115)39-42-96-59(7)79(118)48-94)41-26-19-17-15-13-14-16-18-25-40-92(11,107-89(127)74(45-63-27-21-20-22-28-63)104-90(128)85(61(9)112)106-87(125)73(43-56(3)4)102-62(10)113)83(122)53-99-60(8)80(119)50-101-72(44-64-32-34-66(114)35-33-64)86(124)103-71(46-65-49-100-68-30-24-23-29-67(65)68)81(120)51-98-58(6)77(116)47-78(117)69(109-110-70)37-38-84(95)123/h15,17,20-24,27-30,32-35,49,55-61,69-75,85,96-101,109-112,114H,13-14,16,18-19,25-26,31,36-48,50-54,94H2,1-12H3,(H2,95,123)(H,102,113)(H,103,124)(H,104,128)(H,105,129)(H,106,125)(H,107,127)(H,108,126)/t57-,58-,59-,60-,61+,69-,70-,71-,72-,73-,74-,75-,85-,92+,93-/m0/s1. The van der Waals surface area contributed by atoms with Crippen LogP contribution < -0.4 is 86.1 Å².